The minimum Gasteiger partial charge on any atom is -0.299 e. The second-order valence-corrected chi connectivity index (χ2v) is 17.1. The van der Waals surface area contributed by atoms with E-state index in [1.54, 1.807) is 36.4 Å². The highest BCUT2D eigenvalue weighted by Gasteiger charge is 2.56. The predicted octanol–water partition coefficient (Wildman–Crippen LogP) is 7.65. The van der Waals surface area contributed by atoms with Gasteiger partial charge in [0.05, 0.1) is 20.3 Å². The maximum absolute atomic E-state index is 15.4. The summed E-state index contributed by atoms with van der Waals surface area (Å²) >= 11 is 6.07. The van der Waals surface area contributed by atoms with Crippen LogP contribution in [0, 0.1) is 31.5 Å². The van der Waals surface area contributed by atoms with Gasteiger partial charge in [0.2, 0.25) is 0 Å². The monoisotopic (exact) mass is 664 g/mol. The van der Waals surface area contributed by atoms with Crippen LogP contribution in [0.25, 0.3) is 0 Å². The third kappa shape index (κ3) is 5.88. The van der Waals surface area contributed by atoms with Gasteiger partial charge < -0.3 is 0 Å². The lowest BCUT2D eigenvalue weighted by atomic mass is 9.61. The Balaban J connectivity index is 1.52. The minimum absolute atomic E-state index is 0.0308. The van der Waals surface area contributed by atoms with E-state index in [9.17, 15) is 21.6 Å². The van der Waals surface area contributed by atoms with Crippen molar-refractivity contribution in [1.82, 2.24) is 0 Å². The van der Waals surface area contributed by atoms with Crippen LogP contribution in [-0.2, 0) is 24.5 Å². The molecular weight excluding hydrogens is 631 g/mol. The molecule has 4 unspecified atom stereocenters. The Kier molecular flexibility index (Phi) is 8.52. The lowest BCUT2D eigenvalue weighted by Crippen LogP contribution is -2.53. The standard InChI is InChI=1S/C36H34ClFO5S2/c1-22-7-11-24(12-8-22)29-19-31-30(21-35(29)44(40,41)26-17-13-25(37)14-18-26)34(39)20-32(28-5-3-4-6-33(28)38)36(31)45(42,43)27-15-9-23(2)10-16-27/h3-18,29-32,35-36H,19-21H2,1-2H3/t29?,30-,31+,32?,35?,36?/m1/s1. The number of benzene rings is 4. The molecular formula is C36H34ClFO5S2. The van der Waals surface area contributed by atoms with Gasteiger partial charge in [0, 0.05) is 29.2 Å². The summed E-state index contributed by atoms with van der Waals surface area (Å²) < 4.78 is 73.1. The molecule has 0 N–H and O–H groups in total. The average Bonchev–Trinajstić information content (AvgIpc) is 3.01. The number of Topliss-reactive ketones (excluding diaryl/α,β-unsaturated/α-hetero) is 1. The summed E-state index contributed by atoms with van der Waals surface area (Å²) in [6.07, 6.45) is -0.0880. The van der Waals surface area contributed by atoms with Gasteiger partial charge >= 0.3 is 0 Å². The summed E-state index contributed by atoms with van der Waals surface area (Å²) in [7, 11) is -8.05. The highest BCUT2D eigenvalue weighted by Crippen LogP contribution is 2.54. The lowest BCUT2D eigenvalue weighted by molar-refractivity contribution is -0.128. The number of sulfone groups is 2. The number of aryl methyl sites for hydroxylation is 2. The van der Waals surface area contributed by atoms with Crippen molar-refractivity contribution < 1.29 is 26.0 Å². The molecule has 9 heteroatoms. The zero-order valence-electron chi connectivity index (χ0n) is 24.9. The van der Waals surface area contributed by atoms with E-state index in [-0.39, 0.29) is 40.4 Å². The molecule has 0 bridgehead atoms. The number of rotatable bonds is 6. The second kappa shape index (κ2) is 12.1. The zero-order valence-corrected chi connectivity index (χ0v) is 27.3. The Morgan fingerprint density at radius 1 is 0.667 bits per heavy atom. The smallest absolute Gasteiger partial charge is 0.182 e. The summed E-state index contributed by atoms with van der Waals surface area (Å²) in [6.45, 7) is 3.80. The molecule has 2 fully saturated rings. The number of hydrogen-bond donors (Lipinski definition) is 0. The van der Waals surface area contributed by atoms with Crippen molar-refractivity contribution >= 4 is 37.1 Å². The van der Waals surface area contributed by atoms with Gasteiger partial charge in [-0.2, -0.15) is 0 Å². The number of carbonyl (C=O) groups excluding carboxylic acids is 1. The molecule has 0 saturated heterocycles. The van der Waals surface area contributed by atoms with Crippen LogP contribution in [0.3, 0.4) is 0 Å². The zero-order chi connectivity index (χ0) is 32.1. The summed E-state index contributed by atoms with van der Waals surface area (Å²) in [6, 6.07) is 26.1. The fraction of sp³-hybridized carbons (Fsp3) is 0.306. The maximum atomic E-state index is 15.4. The van der Waals surface area contributed by atoms with Crippen molar-refractivity contribution in [1.29, 1.82) is 0 Å². The molecule has 45 heavy (non-hydrogen) atoms. The van der Waals surface area contributed by atoms with Gasteiger partial charge in [-0.3, -0.25) is 4.79 Å². The van der Waals surface area contributed by atoms with Gasteiger partial charge in [-0.1, -0.05) is 77.3 Å². The molecule has 0 amide bonds. The molecule has 4 aromatic rings. The fourth-order valence-corrected chi connectivity index (χ4v) is 11.8. The molecule has 2 aliphatic carbocycles. The highest BCUT2D eigenvalue weighted by molar-refractivity contribution is 7.92. The van der Waals surface area contributed by atoms with Gasteiger partial charge in [-0.15, -0.1) is 0 Å². The van der Waals surface area contributed by atoms with Crippen LogP contribution in [0.5, 0.6) is 0 Å². The number of hydrogen-bond acceptors (Lipinski definition) is 5. The fourth-order valence-electron chi connectivity index (χ4n) is 7.42. The third-order valence-corrected chi connectivity index (χ3v) is 14.5. The molecule has 4 aromatic carbocycles. The molecule has 6 rings (SSSR count). The molecule has 5 nitrogen and oxygen atoms in total. The third-order valence-electron chi connectivity index (χ3n) is 9.69. The second-order valence-electron chi connectivity index (χ2n) is 12.4. The molecule has 0 radical (unpaired) electrons. The molecule has 2 aliphatic rings. The van der Waals surface area contributed by atoms with Crippen molar-refractivity contribution in [3.8, 4) is 0 Å². The Morgan fingerprint density at radius 2 is 1.22 bits per heavy atom. The molecule has 0 heterocycles. The molecule has 0 aliphatic heterocycles. The van der Waals surface area contributed by atoms with Crippen LogP contribution < -0.4 is 0 Å². The van der Waals surface area contributed by atoms with Gasteiger partial charge in [-0.25, -0.2) is 21.2 Å². The first-order valence-corrected chi connectivity index (χ1v) is 18.5. The van der Waals surface area contributed by atoms with E-state index < -0.39 is 59.7 Å². The Morgan fingerprint density at radius 3 is 1.84 bits per heavy atom. The van der Waals surface area contributed by atoms with Crippen LogP contribution in [0.4, 0.5) is 4.39 Å². The van der Waals surface area contributed by atoms with Gasteiger partial charge in [-0.05, 0) is 86.2 Å². The SMILES string of the molecule is Cc1ccc(C2C[C@@H]3C(S(=O)(=O)c4ccc(C)cc4)C(c4ccccc4F)CC(=O)[C@@H]3CC2S(=O)(=O)c2ccc(Cl)cc2)cc1. The number of fused-ring (bicyclic) bond motifs is 1. The molecule has 2 saturated carbocycles. The topological polar surface area (TPSA) is 85.3 Å². The van der Waals surface area contributed by atoms with Crippen LogP contribution in [0.2, 0.25) is 5.02 Å². The molecule has 234 valence electrons. The first-order valence-electron chi connectivity index (χ1n) is 15.0. The van der Waals surface area contributed by atoms with Crippen molar-refractivity contribution in [2.75, 3.05) is 0 Å². The largest absolute Gasteiger partial charge is 0.299 e. The van der Waals surface area contributed by atoms with E-state index in [1.807, 2.05) is 38.1 Å². The van der Waals surface area contributed by atoms with E-state index in [0.717, 1.165) is 16.7 Å². The van der Waals surface area contributed by atoms with Gasteiger partial charge in [0.1, 0.15) is 11.6 Å². The van der Waals surface area contributed by atoms with Crippen LogP contribution >= 0.6 is 11.6 Å². The molecule has 0 aromatic heterocycles. The van der Waals surface area contributed by atoms with E-state index in [2.05, 4.69) is 0 Å². The molecule has 6 atom stereocenters. The number of halogens is 2. The summed E-state index contributed by atoms with van der Waals surface area (Å²) in [4.78, 5) is 14.2. The van der Waals surface area contributed by atoms with E-state index >= 15 is 4.39 Å². The Bertz CT molecular complexity index is 1940. The minimum atomic E-state index is -4.09. The summed E-state index contributed by atoms with van der Waals surface area (Å²) in [5.74, 6) is -3.88. The van der Waals surface area contributed by atoms with Crippen molar-refractivity contribution in [3.05, 3.63) is 130 Å². The van der Waals surface area contributed by atoms with E-state index in [0.29, 0.717) is 5.02 Å². The highest BCUT2D eigenvalue weighted by atomic mass is 35.5. The van der Waals surface area contributed by atoms with Crippen LogP contribution in [0.15, 0.2) is 107 Å². The Labute approximate surface area is 269 Å². The molecule has 0 spiro atoms. The van der Waals surface area contributed by atoms with E-state index in [4.69, 9.17) is 11.6 Å². The number of carbonyl (C=O) groups is 1. The van der Waals surface area contributed by atoms with Crippen molar-refractivity contribution in [2.45, 2.75) is 65.2 Å². The van der Waals surface area contributed by atoms with Gasteiger partial charge in [0.25, 0.3) is 0 Å². The summed E-state index contributed by atoms with van der Waals surface area (Å²) in [5.41, 5.74) is 2.84. The van der Waals surface area contributed by atoms with Crippen molar-refractivity contribution in [3.63, 3.8) is 0 Å². The first kappa shape index (κ1) is 31.6. The lowest BCUT2D eigenvalue weighted by Gasteiger charge is -2.48. The van der Waals surface area contributed by atoms with E-state index in [1.165, 1.54) is 36.4 Å². The predicted molar refractivity (Wildman–Crippen MR) is 173 cm³/mol. The van der Waals surface area contributed by atoms with Crippen LogP contribution in [-0.4, -0.2) is 33.1 Å². The Hall–Kier alpha value is -3.33. The average molecular weight is 665 g/mol. The summed E-state index contributed by atoms with van der Waals surface area (Å²) in [5, 5.41) is -1.70. The van der Waals surface area contributed by atoms with Gasteiger partial charge in [0.15, 0.2) is 19.7 Å². The van der Waals surface area contributed by atoms with Crippen molar-refractivity contribution in [2.24, 2.45) is 11.8 Å². The quantitative estimate of drug-likeness (QED) is 0.211. The maximum Gasteiger partial charge on any atom is 0.182 e. The first-order chi connectivity index (χ1) is 21.4. The number of ketones is 1. The normalized spacial score (nSPS) is 25.5. The van der Waals surface area contributed by atoms with Crippen LogP contribution in [0.1, 0.15) is 53.4 Å².